The number of nitrogens with one attached hydrogen (secondary N) is 1. The van der Waals surface area contributed by atoms with E-state index < -0.39 is 58.5 Å². The highest BCUT2D eigenvalue weighted by Crippen LogP contribution is 2.64. The third-order valence-electron chi connectivity index (χ3n) is 8.88. The van der Waals surface area contributed by atoms with Crippen molar-refractivity contribution in [1.29, 1.82) is 0 Å². The van der Waals surface area contributed by atoms with E-state index in [1.807, 2.05) is 6.08 Å². The Morgan fingerprint density at radius 2 is 1.90 bits per heavy atom. The van der Waals surface area contributed by atoms with Crippen LogP contribution in [0.4, 0.5) is 10.1 Å². The van der Waals surface area contributed by atoms with Gasteiger partial charge in [-0.2, -0.15) is 0 Å². The summed E-state index contributed by atoms with van der Waals surface area (Å²) in [6.07, 6.45) is 2.32. The van der Waals surface area contributed by atoms with E-state index in [0.717, 1.165) is 16.5 Å². The number of anilines is 1. The number of phenols is 1. The van der Waals surface area contributed by atoms with Gasteiger partial charge in [0.1, 0.15) is 5.82 Å². The molecule has 0 aromatic heterocycles. The van der Waals surface area contributed by atoms with E-state index in [4.69, 9.17) is 16.3 Å². The van der Waals surface area contributed by atoms with Crippen molar-refractivity contribution >= 4 is 56.8 Å². The molecule has 2 saturated heterocycles. The largest absolute Gasteiger partial charge is 0.504 e. The molecule has 202 valence electrons. The van der Waals surface area contributed by atoms with Gasteiger partial charge in [-0.3, -0.25) is 24.5 Å². The summed E-state index contributed by atoms with van der Waals surface area (Å²) < 4.78 is 19.9. The Labute approximate surface area is 236 Å². The predicted octanol–water partition coefficient (Wildman–Crippen LogP) is 4.47. The number of ether oxygens (including phenoxy) is 1. The van der Waals surface area contributed by atoms with E-state index in [2.05, 4.69) is 21.2 Å². The number of phenolic OH excluding ortho intramolecular Hbond substituents is 1. The van der Waals surface area contributed by atoms with Gasteiger partial charge in [-0.15, -0.1) is 0 Å². The molecule has 3 fully saturated rings. The highest BCUT2D eigenvalue weighted by molar-refractivity contribution is 9.10. The Balaban J connectivity index is 1.58. The Morgan fingerprint density at radius 3 is 2.59 bits per heavy atom. The monoisotopic (exact) mass is 616 g/mol. The Bertz CT molecular complexity index is 1530. The minimum absolute atomic E-state index is 0.130. The van der Waals surface area contributed by atoms with Crippen LogP contribution in [0.1, 0.15) is 31.2 Å². The minimum atomic E-state index is -1.38. The highest BCUT2D eigenvalue weighted by Gasteiger charge is 2.67. The van der Waals surface area contributed by atoms with E-state index in [0.29, 0.717) is 10.0 Å². The van der Waals surface area contributed by atoms with Crippen LogP contribution in [0.3, 0.4) is 0 Å². The standard InChI is InChI=1S/C28H23BrClFN2O6/c1-28-17(26(37)33(27(28)38)12-3-6-19(31)18(30)9-12)10-15-13(4-5-14-21(15)25(36)32-24(14)35)22(28)16-7-11(29)8-20(39-2)23(16)34/h3-4,6-9,14-15,17,21-22,34H,5,10H2,1-2H3,(H,32,35,36)/t14-,15+,17-,21-,22+,28+/m0/s1. The molecule has 2 aliphatic carbocycles. The van der Waals surface area contributed by atoms with Gasteiger partial charge in [-0.1, -0.05) is 39.2 Å². The van der Waals surface area contributed by atoms with Crippen molar-refractivity contribution in [3.63, 3.8) is 0 Å². The number of benzene rings is 2. The van der Waals surface area contributed by atoms with E-state index in [-0.39, 0.29) is 41.0 Å². The first-order valence-electron chi connectivity index (χ1n) is 12.4. The van der Waals surface area contributed by atoms with E-state index in [9.17, 15) is 28.7 Å². The van der Waals surface area contributed by atoms with Gasteiger partial charge in [0.15, 0.2) is 11.5 Å². The number of allylic oxidation sites excluding steroid dienone is 2. The van der Waals surface area contributed by atoms with Gasteiger partial charge < -0.3 is 9.84 Å². The lowest BCUT2D eigenvalue weighted by atomic mass is 9.51. The van der Waals surface area contributed by atoms with Crippen LogP contribution in [0.15, 0.2) is 46.5 Å². The summed E-state index contributed by atoms with van der Waals surface area (Å²) in [7, 11) is 1.41. The number of fused-ring (bicyclic) bond motifs is 4. The fourth-order valence-electron chi connectivity index (χ4n) is 7.11. The van der Waals surface area contributed by atoms with Crippen LogP contribution in [0.5, 0.6) is 11.5 Å². The molecule has 6 atom stereocenters. The number of imide groups is 2. The van der Waals surface area contributed by atoms with Crippen LogP contribution in [-0.4, -0.2) is 35.8 Å². The maximum atomic E-state index is 14.3. The number of hydrogen-bond acceptors (Lipinski definition) is 6. The van der Waals surface area contributed by atoms with Crippen molar-refractivity contribution < 1.29 is 33.4 Å². The number of hydrogen-bond donors (Lipinski definition) is 2. The molecule has 8 nitrogen and oxygen atoms in total. The summed E-state index contributed by atoms with van der Waals surface area (Å²) in [6.45, 7) is 1.68. The molecule has 11 heteroatoms. The first-order valence-corrected chi connectivity index (χ1v) is 13.6. The summed E-state index contributed by atoms with van der Waals surface area (Å²) in [6, 6.07) is 6.90. The topological polar surface area (TPSA) is 113 Å². The van der Waals surface area contributed by atoms with E-state index in [1.165, 1.54) is 19.2 Å². The molecule has 4 amide bonds. The highest BCUT2D eigenvalue weighted by atomic mass is 79.9. The second-order valence-corrected chi connectivity index (χ2v) is 12.0. The molecular formula is C28H23BrClFN2O6. The maximum absolute atomic E-state index is 14.3. The van der Waals surface area contributed by atoms with Gasteiger partial charge in [-0.05, 0) is 56.0 Å². The summed E-state index contributed by atoms with van der Waals surface area (Å²) in [4.78, 5) is 54.8. The third-order valence-corrected chi connectivity index (χ3v) is 9.63. The number of methoxy groups -OCH3 is 1. The number of rotatable bonds is 3. The summed E-state index contributed by atoms with van der Waals surface area (Å²) >= 11 is 9.45. The lowest BCUT2D eigenvalue weighted by Crippen LogP contribution is -2.48. The molecule has 0 bridgehead atoms. The number of carbonyl (C=O) groups excluding carboxylic acids is 4. The van der Waals surface area contributed by atoms with Crippen LogP contribution in [0.25, 0.3) is 0 Å². The normalized spacial score (nSPS) is 31.5. The second kappa shape index (κ2) is 8.89. The molecule has 2 heterocycles. The van der Waals surface area contributed by atoms with Crippen molar-refractivity contribution in [3.05, 3.63) is 62.9 Å². The summed E-state index contributed by atoms with van der Waals surface area (Å²) in [5.41, 5.74) is -0.177. The van der Waals surface area contributed by atoms with Crippen LogP contribution in [-0.2, 0) is 19.2 Å². The van der Waals surface area contributed by atoms with Crippen LogP contribution >= 0.6 is 27.5 Å². The third kappa shape index (κ3) is 3.53. The van der Waals surface area contributed by atoms with Gasteiger partial charge in [0.05, 0.1) is 41.0 Å². The average molecular weight is 618 g/mol. The molecule has 0 unspecified atom stereocenters. The van der Waals surface area contributed by atoms with Crippen LogP contribution in [0.2, 0.25) is 5.02 Å². The second-order valence-electron chi connectivity index (χ2n) is 10.7. The minimum Gasteiger partial charge on any atom is -0.504 e. The SMILES string of the molecule is COc1cc(Br)cc([C@H]2C3=CC[C@@H]4C(=O)NC(=O)[C@@H]4[C@@H]3C[C@H]3C(=O)N(c4ccc(F)c(Cl)c4)C(=O)[C@@]23C)c1O. The molecule has 1 saturated carbocycles. The Kier molecular flexibility index (Phi) is 5.93. The van der Waals surface area contributed by atoms with Crippen molar-refractivity contribution in [2.24, 2.45) is 29.1 Å². The van der Waals surface area contributed by atoms with Gasteiger partial charge in [0.2, 0.25) is 23.6 Å². The summed E-state index contributed by atoms with van der Waals surface area (Å²) in [5, 5.41) is 13.5. The molecule has 39 heavy (non-hydrogen) atoms. The zero-order chi connectivity index (χ0) is 28.0. The first kappa shape index (κ1) is 26.0. The molecule has 0 radical (unpaired) electrons. The van der Waals surface area contributed by atoms with Gasteiger partial charge in [0, 0.05) is 16.0 Å². The predicted molar refractivity (Wildman–Crippen MR) is 142 cm³/mol. The number of aromatic hydroxyl groups is 1. The number of carbonyl (C=O) groups is 4. The number of halogens is 3. The van der Waals surface area contributed by atoms with Crippen LogP contribution in [0, 0.1) is 34.9 Å². The molecule has 2 aromatic carbocycles. The molecule has 0 spiro atoms. The zero-order valence-electron chi connectivity index (χ0n) is 20.8. The number of nitrogens with zero attached hydrogens (tertiary/aromatic N) is 1. The zero-order valence-corrected chi connectivity index (χ0v) is 23.2. The van der Waals surface area contributed by atoms with Crippen molar-refractivity contribution in [2.75, 3.05) is 12.0 Å². The van der Waals surface area contributed by atoms with Crippen molar-refractivity contribution in [3.8, 4) is 11.5 Å². The Morgan fingerprint density at radius 1 is 1.15 bits per heavy atom. The average Bonchev–Trinajstić information content (AvgIpc) is 3.29. The lowest BCUT2D eigenvalue weighted by molar-refractivity contribution is -0.131. The number of amides is 4. The molecule has 6 rings (SSSR count). The molecule has 4 aliphatic rings. The van der Waals surface area contributed by atoms with E-state index in [1.54, 1.807) is 19.1 Å². The quantitative estimate of drug-likeness (QED) is 0.388. The fourth-order valence-corrected chi connectivity index (χ4v) is 7.74. The van der Waals surface area contributed by atoms with Crippen molar-refractivity contribution in [1.82, 2.24) is 5.32 Å². The molecule has 2 aromatic rings. The van der Waals surface area contributed by atoms with Gasteiger partial charge in [0.25, 0.3) is 0 Å². The lowest BCUT2D eigenvalue weighted by Gasteiger charge is -2.49. The molecular weight excluding hydrogens is 595 g/mol. The van der Waals surface area contributed by atoms with E-state index >= 15 is 0 Å². The van der Waals surface area contributed by atoms with Gasteiger partial charge >= 0.3 is 0 Å². The fraction of sp³-hybridized carbons (Fsp3) is 0.357. The summed E-state index contributed by atoms with van der Waals surface area (Å²) in [5.74, 6) is -6.01. The maximum Gasteiger partial charge on any atom is 0.241 e. The molecule has 2 aliphatic heterocycles. The van der Waals surface area contributed by atoms with Gasteiger partial charge in [-0.25, -0.2) is 9.29 Å². The van der Waals surface area contributed by atoms with Crippen molar-refractivity contribution in [2.45, 2.75) is 25.7 Å². The molecule has 2 N–H and O–H groups in total. The smallest absolute Gasteiger partial charge is 0.241 e. The Hall–Kier alpha value is -3.24. The first-order chi connectivity index (χ1) is 18.5. The van der Waals surface area contributed by atoms with Crippen LogP contribution < -0.4 is 15.0 Å².